The number of ether oxygens (including phenoxy) is 1. The van der Waals surface area contributed by atoms with Crippen molar-refractivity contribution in [2.45, 2.75) is 52.1 Å². The lowest BCUT2D eigenvalue weighted by molar-refractivity contribution is 0.00411. The van der Waals surface area contributed by atoms with Crippen molar-refractivity contribution in [1.29, 1.82) is 0 Å². The van der Waals surface area contributed by atoms with E-state index in [9.17, 15) is 9.90 Å². The van der Waals surface area contributed by atoms with Gasteiger partial charge in [0, 0.05) is 0 Å². The second kappa shape index (κ2) is 6.78. The molecule has 0 radical (unpaired) electrons. The van der Waals surface area contributed by atoms with Gasteiger partial charge < -0.3 is 9.84 Å². The molecule has 0 amide bonds. The molecule has 110 valence electrons. The van der Waals surface area contributed by atoms with E-state index in [1.54, 1.807) is 18.2 Å². The summed E-state index contributed by atoms with van der Waals surface area (Å²) in [4.78, 5) is 12.1. The molecule has 1 aromatic carbocycles. The summed E-state index contributed by atoms with van der Waals surface area (Å²) >= 11 is 0. The van der Waals surface area contributed by atoms with E-state index in [0.29, 0.717) is 5.92 Å². The molecule has 1 saturated carbocycles. The third kappa shape index (κ3) is 3.33. The molecule has 0 aromatic heterocycles. The van der Waals surface area contributed by atoms with Crippen molar-refractivity contribution in [3.05, 3.63) is 29.8 Å². The number of para-hydroxylation sites is 1. The van der Waals surface area contributed by atoms with Crippen molar-refractivity contribution in [2.24, 2.45) is 11.8 Å². The number of phenolic OH excluding ortho intramolecular Hbond substituents is 1. The van der Waals surface area contributed by atoms with E-state index < -0.39 is 5.97 Å². The van der Waals surface area contributed by atoms with Gasteiger partial charge in [-0.1, -0.05) is 38.8 Å². The second-order valence-corrected chi connectivity index (χ2v) is 5.69. The van der Waals surface area contributed by atoms with Crippen LogP contribution in [0.5, 0.6) is 5.75 Å². The summed E-state index contributed by atoms with van der Waals surface area (Å²) in [7, 11) is 0. The third-order valence-corrected chi connectivity index (χ3v) is 4.54. The number of hydrogen-bond donors (Lipinski definition) is 1. The summed E-state index contributed by atoms with van der Waals surface area (Å²) in [5.74, 6) is 1.00. The first-order valence-corrected chi connectivity index (χ1v) is 7.64. The summed E-state index contributed by atoms with van der Waals surface area (Å²) < 4.78 is 5.58. The van der Waals surface area contributed by atoms with Crippen LogP contribution in [0.1, 0.15) is 56.3 Å². The van der Waals surface area contributed by atoms with Gasteiger partial charge in [-0.15, -0.1) is 0 Å². The Hall–Kier alpha value is -1.51. The molecule has 3 atom stereocenters. The van der Waals surface area contributed by atoms with Crippen LogP contribution < -0.4 is 0 Å². The van der Waals surface area contributed by atoms with Gasteiger partial charge in [-0.3, -0.25) is 0 Å². The molecule has 1 fully saturated rings. The van der Waals surface area contributed by atoms with Gasteiger partial charge in [-0.05, 0) is 43.2 Å². The quantitative estimate of drug-likeness (QED) is 0.840. The third-order valence-electron chi connectivity index (χ3n) is 4.54. The maximum Gasteiger partial charge on any atom is 0.342 e. The van der Waals surface area contributed by atoms with E-state index in [0.717, 1.165) is 31.6 Å². The first kappa shape index (κ1) is 14.9. The highest BCUT2D eigenvalue weighted by atomic mass is 16.5. The zero-order valence-electron chi connectivity index (χ0n) is 12.3. The Morgan fingerprint density at radius 2 is 1.90 bits per heavy atom. The van der Waals surface area contributed by atoms with Crippen molar-refractivity contribution in [1.82, 2.24) is 0 Å². The molecule has 0 aliphatic heterocycles. The number of phenols is 1. The Bertz CT molecular complexity index is 455. The minimum absolute atomic E-state index is 0.00476. The van der Waals surface area contributed by atoms with E-state index in [2.05, 4.69) is 13.8 Å². The number of aromatic hydroxyl groups is 1. The van der Waals surface area contributed by atoms with E-state index in [-0.39, 0.29) is 17.4 Å². The number of rotatable bonds is 4. The molecule has 1 aromatic rings. The van der Waals surface area contributed by atoms with E-state index in [1.165, 1.54) is 12.5 Å². The molecule has 1 aliphatic rings. The van der Waals surface area contributed by atoms with Crippen LogP contribution in [-0.2, 0) is 4.74 Å². The predicted molar refractivity (Wildman–Crippen MR) is 78.7 cm³/mol. The van der Waals surface area contributed by atoms with Crippen LogP contribution in [0.15, 0.2) is 24.3 Å². The van der Waals surface area contributed by atoms with Gasteiger partial charge in [0.1, 0.15) is 17.4 Å². The maximum atomic E-state index is 12.1. The van der Waals surface area contributed by atoms with Gasteiger partial charge >= 0.3 is 5.97 Å². The van der Waals surface area contributed by atoms with Crippen LogP contribution in [0, 0.1) is 11.8 Å². The first-order chi connectivity index (χ1) is 9.65. The predicted octanol–water partition coefficient (Wildman–Crippen LogP) is 4.15. The van der Waals surface area contributed by atoms with Crippen molar-refractivity contribution in [2.75, 3.05) is 0 Å². The molecule has 20 heavy (non-hydrogen) atoms. The Balaban J connectivity index is 1.97. The Kier molecular flexibility index (Phi) is 5.05. The van der Waals surface area contributed by atoms with E-state index in [4.69, 9.17) is 4.74 Å². The van der Waals surface area contributed by atoms with Gasteiger partial charge in [0.05, 0.1) is 0 Å². The summed E-state index contributed by atoms with van der Waals surface area (Å²) in [6.45, 7) is 4.45. The molecule has 3 unspecified atom stereocenters. The van der Waals surface area contributed by atoms with Gasteiger partial charge in [0.25, 0.3) is 0 Å². The molecule has 0 heterocycles. The molecule has 1 N–H and O–H groups in total. The summed E-state index contributed by atoms with van der Waals surface area (Å²) in [5.41, 5.74) is 0.262. The molecule has 3 nitrogen and oxygen atoms in total. The largest absolute Gasteiger partial charge is 0.507 e. The fourth-order valence-corrected chi connectivity index (χ4v) is 3.29. The molecular weight excluding hydrogens is 252 g/mol. The highest BCUT2D eigenvalue weighted by molar-refractivity contribution is 5.92. The van der Waals surface area contributed by atoms with Crippen molar-refractivity contribution in [3.63, 3.8) is 0 Å². The Morgan fingerprint density at radius 1 is 1.20 bits per heavy atom. The Labute approximate surface area is 121 Å². The number of benzene rings is 1. The molecule has 0 saturated heterocycles. The van der Waals surface area contributed by atoms with Crippen LogP contribution in [0.3, 0.4) is 0 Å². The minimum atomic E-state index is -0.405. The van der Waals surface area contributed by atoms with Gasteiger partial charge in [-0.2, -0.15) is 0 Å². The van der Waals surface area contributed by atoms with Crippen LogP contribution in [-0.4, -0.2) is 17.2 Å². The smallest absolute Gasteiger partial charge is 0.342 e. The second-order valence-electron chi connectivity index (χ2n) is 5.69. The number of esters is 1. The van der Waals surface area contributed by atoms with E-state index in [1.807, 2.05) is 0 Å². The molecule has 1 aliphatic carbocycles. The zero-order valence-corrected chi connectivity index (χ0v) is 12.3. The number of carbonyl (C=O) groups excluding carboxylic acids is 1. The molecule has 2 rings (SSSR count). The average Bonchev–Trinajstić information content (AvgIpc) is 2.47. The minimum Gasteiger partial charge on any atom is -0.507 e. The van der Waals surface area contributed by atoms with Crippen LogP contribution in [0.25, 0.3) is 0 Å². The van der Waals surface area contributed by atoms with Crippen molar-refractivity contribution >= 4 is 5.97 Å². The lowest BCUT2D eigenvalue weighted by Crippen LogP contribution is -2.30. The van der Waals surface area contributed by atoms with Gasteiger partial charge in [0.15, 0.2) is 0 Å². The molecule has 0 bridgehead atoms. The lowest BCUT2D eigenvalue weighted by atomic mass is 9.75. The fourth-order valence-electron chi connectivity index (χ4n) is 3.29. The van der Waals surface area contributed by atoms with Crippen LogP contribution in [0.4, 0.5) is 0 Å². The van der Waals surface area contributed by atoms with Crippen molar-refractivity contribution < 1.29 is 14.6 Å². The number of carbonyl (C=O) groups is 1. The SMILES string of the molecule is CCC1CCC(OC(=O)c2ccccc2O)CC1CC. The highest BCUT2D eigenvalue weighted by Crippen LogP contribution is 2.36. The topological polar surface area (TPSA) is 46.5 Å². The number of hydrogen-bond acceptors (Lipinski definition) is 3. The normalized spacial score (nSPS) is 26.2. The summed E-state index contributed by atoms with van der Waals surface area (Å²) in [6.07, 6.45) is 5.37. The summed E-state index contributed by atoms with van der Waals surface area (Å²) in [6, 6.07) is 6.55. The van der Waals surface area contributed by atoms with Gasteiger partial charge in [-0.25, -0.2) is 4.79 Å². The standard InChI is InChI=1S/C17H24O3/c1-3-12-9-10-14(11-13(12)4-2)20-17(19)15-7-5-6-8-16(15)18/h5-8,12-14,18H,3-4,9-11H2,1-2H3. The highest BCUT2D eigenvalue weighted by Gasteiger charge is 2.30. The van der Waals surface area contributed by atoms with Crippen molar-refractivity contribution in [3.8, 4) is 5.75 Å². The summed E-state index contributed by atoms with van der Waals surface area (Å²) in [5, 5.41) is 9.69. The van der Waals surface area contributed by atoms with E-state index >= 15 is 0 Å². The molecule has 0 spiro atoms. The zero-order chi connectivity index (χ0) is 14.5. The molecule has 3 heteroatoms. The van der Waals surface area contributed by atoms with Crippen LogP contribution in [0.2, 0.25) is 0 Å². The Morgan fingerprint density at radius 3 is 2.55 bits per heavy atom. The maximum absolute atomic E-state index is 12.1. The first-order valence-electron chi connectivity index (χ1n) is 7.64. The average molecular weight is 276 g/mol. The lowest BCUT2D eigenvalue weighted by Gasteiger charge is -2.34. The monoisotopic (exact) mass is 276 g/mol. The fraction of sp³-hybridized carbons (Fsp3) is 0.588. The van der Waals surface area contributed by atoms with Gasteiger partial charge in [0.2, 0.25) is 0 Å². The molecular formula is C17H24O3. The van der Waals surface area contributed by atoms with Crippen LogP contribution >= 0.6 is 0 Å².